The number of nitrogens with zero attached hydrogens (tertiary/aromatic N) is 1. The standard InChI is InChI=1S/C15H22ClNO/c1-15(2)10-13(18-4)9-14(17(15)3)11-6-5-7-12(16)8-11/h5-8,13-14H,9-10H2,1-4H3. The van der Waals surface area contributed by atoms with E-state index in [1.54, 1.807) is 7.11 Å². The second-order valence-electron chi connectivity index (χ2n) is 5.79. The van der Waals surface area contributed by atoms with Crippen molar-refractivity contribution in [1.82, 2.24) is 4.90 Å². The first-order valence-corrected chi connectivity index (χ1v) is 6.83. The van der Waals surface area contributed by atoms with Crippen LogP contribution >= 0.6 is 11.6 Å². The number of hydrogen-bond acceptors (Lipinski definition) is 2. The molecule has 0 aromatic heterocycles. The SMILES string of the molecule is COC1CC(c2cccc(Cl)c2)N(C)C(C)(C)C1. The Labute approximate surface area is 115 Å². The Kier molecular flexibility index (Phi) is 4.00. The predicted molar refractivity (Wildman–Crippen MR) is 76.1 cm³/mol. The summed E-state index contributed by atoms with van der Waals surface area (Å²) in [5.74, 6) is 0. The van der Waals surface area contributed by atoms with Crippen molar-refractivity contribution in [2.45, 2.75) is 44.4 Å². The van der Waals surface area contributed by atoms with Gasteiger partial charge in [-0.05, 0) is 51.4 Å². The van der Waals surface area contributed by atoms with Crippen LogP contribution in [0.1, 0.15) is 38.3 Å². The molecular weight excluding hydrogens is 246 g/mol. The summed E-state index contributed by atoms with van der Waals surface area (Å²) in [6.45, 7) is 4.55. The first kappa shape index (κ1) is 13.9. The highest BCUT2D eigenvalue weighted by atomic mass is 35.5. The van der Waals surface area contributed by atoms with Gasteiger partial charge in [-0.15, -0.1) is 0 Å². The van der Waals surface area contributed by atoms with Crippen LogP contribution in [0.25, 0.3) is 0 Å². The molecule has 0 N–H and O–H groups in total. The molecule has 1 saturated heterocycles. The number of rotatable bonds is 2. The van der Waals surface area contributed by atoms with Gasteiger partial charge in [0.25, 0.3) is 0 Å². The highest BCUT2D eigenvalue weighted by Gasteiger charge is 2.39. The molecule has 1 heterocycles. The predicted octanol–water partition coefficient (Wildman–Crippen LogP) is 3.90. The fraction of sp³-hybridized carbons (Fsp3) is 0.600. The van der Waals surface area contributed by atoms with Gasteiger partial charge >= 0.3 is 0 Å². The Balaban J connectivity index is 2.30. The van der Waals surface area contributed by atoms with Crippen molar-refractivity contribution in [2.75, 3.05) is 14.2 Å². The molecule has 18 heavy (non-hydrogen) atoms. The number of piperidine rings is 1. The molecule has 0 spiro atoms. The van der Waals surface area contributed by atoms with Gasteiger partial charge in [-0.25, -0.2) is 0 Å². The van der Waals surface area contributed by atoms with Crippen LogP contribution in [0.4, 0.5) is 0 Å². The summed E-state index contributed by atoms with van der Waals surface area (Å²) >= 11 is 6.10. The number of likely N-dealkylation sites (tertiary alicyclic amines) is 1. The van der Waals surface area contributed by atoms with Crippen LogP contribution in [0.5, 0.6) is 0 Å². The monoisotopic (exact) mass is 267 g/mol. The fourth-order valence-electron chi connectivity index (χ4n) is 2.87. The summed E-state index contributed by atoms with van der Waals surface area (Å²) in [5.41, 5.74) is 1.42. The number of methoxy groups -OCH3 is 1. The lowest BCUT2D eigenvalue weighted by molar-refractivity contribution is -0.0456. The van der Waals surface area contributed by atoms with Crippen molar-refractivity contribution in [3.05, 3.63) is 34.9 Å². The molecule has 1 aliphatic heterocycles. The van der Waals surface area contributed by atoms with Crippen LogP contribution in [0.15, 0.2) is 24.3 Å². The third-order valence-corrected chi connectivity index (χ3v) is 4.44. The number of hydrogen-bond donors (Lipinski definition) is 0. The van der Waals surface area contributed by atoms with Crippen LogP contribution in [0, 0.1) is 0 Å². The molecule has 0 aliphatic carbocycles. The lowest BCUT2D eigenvalue weighted by Crippen LogP contribution is -2.51. The van der Waals surface area contributed by atoms with E-state index in [1.165, 1.54) is 5.56 Å². The van der Waals surface area contributed by atoms with E-state index in [4.69, 9.17) is 16.3 Å². The molecule has 2 unspecified atom stereocenters. The van der Waals surface area contributed by atoms with E-state index in [2.05, 4.69) is 37.9 Å². The largest absolute Gasteiger partial charge is 0.381 e. The quantitative estimate of drug-likeness (QED) is 0.806. The van der Waals surface area contributed by atoms with Crippen molar-refractivity contribution in [1.29, 1.82) is 0 Å². The summed E-state index contributed by atoms with van der Waals surface area (Å²) < 4.78 is 5.60. The normalized spacial score (nSPS) is 28.3. The molecule has 1 fully saturated rings. The van der Waals surface area contributed by atoms with Crippen LogP contribution < -0.4 is 0 Å². The Morgan fingerprint density at radius 1 is 1.39 bits per heavy atom. The van der Waals surface area contributed by atoms with Crippen LogP contribution in [0.3, 0.4) is 0 Å². The zero-order valence-corrected chi connectivity index (χ0v) is 12.4. The molecule has 2 atom stereocenters. The average molecular weight is 268 g/mol. The molecule has 100 valence electrons. The Hall–Kier alpha value is -0.570. The lowest BCUT2D eigenvalue weighted by Gasteiger charge is -2.48. The van der Waals surface area contributed by atoms with Gasteiger partial charge in [0.1, 0.15) is 0 Å². The third-order valence-electron chi connectivity index (χ3n) is 4.20. The summed E-state index contributed by atoms with van der Waals surface area (Å²) in [4.78, 5) is 2.44. The van der Waals surface area contributed by atoms with E-state index in [0.717, 1.165) is 17.9 Å². The Morgan fingerprint density at radius 3 is 2.72 bits per heavy atom. The van der Waals surface area contributed by atoms with E-state index < -0.39 is 0 Å². The first-order chi connectivity index (χ1) is 8.44. The summed E-state index contributed by atoms with van der Waals surface area (Å²) in [5, 5.41) is 0.804. The van der Waals surface area contributed by atoms with Gasteiger partial charge in [0.05, 0.1) is 6.10 Å². The van der Waals surface area contributed by atoms with Gasteiger partial charge in [-0.1, -0.05) is 23.7 Å². The minimum absolute atomic E-state index is 0.145. The highest BCUT2D eigenvalue weighted by molar-refractivity contribution is 6.30. The van der Waals surface area contributed by atoms with Crippen LogP contribution in [-0.4, -0.2) is 30.7 Å². The van der Waals surface area contributed by atoms with E-state index in [9.17, 15) is 0 Å². The van der Waals surface area contributed by atoms with Crippen molar-refractivity contribution in [2.24, 2.45) is 0 Å². The molecule has 2 nitrogen and oxygen atoms in total. The van der Waals surface area contributed by atoms with E-state index in [0.29, 0.717) is 12.1 Å². The summed E-state index contributed by atoms with van der Waals surface area (Å²) in [6, 6.07) is 8.54. The van der Waals surface area contributed by atoms with Crippen LogP contribution in [0.2, 0.25) is 5.02 Å². The van der Waals surface area contributed by atoms with Gasteiger partial charge in [0, 0.05) is 23.7 Å². The smallest absolute Gasteiger partial charge is 0.0607 e. The maximum Gasteiger partial charge on any atom is 0.0607 e. The topological polar surface area (TPSA) is 12.5 Å². The van der Waals surface area contributed by atoms with E-state index >= 15 is 0 Å². The molecule has 1 aliphatic rings. The van der Waals surface area contributed by atoms with Crippen molar-refractivity contribution in [3.8, 4) is 0 Å². The molecule has 2 rings (SSSR count). The minimum atomic E-state index is 0.145. The number of halogens is 1. The second kappa shape index (κ2) is 5.20. The highest BCUT2D eigenvalue weighted by Crippen LogP contribution is 2.40. The van der Waals surface area contributed by atoms with Crippen molar-refractivity contribution in [3.63, 3.8) is 0 Å². The van der Waals surface area contributed by atoms with Gasteiger partial charge in [0.15, 0.2) is 0 Å². The van der Waals surface area contributed by atoms with E-state index in [-0.39, 0.29) is 5.54 Å². The summed E-state index contributed by atoms with van der Waals surface area (Å²) in [6.07, 6.45) is 2.41. The molecule has 1 aromatic rings. The zero-order valence-electron chi connectivity index (χ0n) is 11.6. The number of benzene rings is 1. The maximum atomic E-state index is 6.10. The maximum absolute atomic E-state index is 6.10. The Morgan fingerprint density at radius 2 is 2.11 bits per heavy atom. The van der Waals surface area contributed by atoms with Gasteiger partial charge in [-0.3, -0.25) is 4.90 Å². The van der Waals surface area contributed by atoms with Gasteiger partial charge < -0.3 is 4.74 Å². The lowest BCUT2D eigenvalue weighted by atomic mass is 9.82. The fourth-order valence-corrected chi connectivity index (χ4v) is 3.07. The van der Waals surface area contributed by atoms with Gasteiger partial charge in [0.2, 0.25) is 0 Å². The van der Waals surface area contributed by atoms with Crippen molar-refractivity contribution >= 4 is 11.6 Å². The molecule has 0 radical (unpaired) electrons. The second-order valence-corrected chi connectivity index (χ2v) is 6.23. The molecule has 1 aromatic carbocycles. The zero-order chi connectivity index (χ0) is 13.3. The molecule has 0 saturated carbocycles. The van der Waals surface area contributed by atoms with Crippen molar-refractivity contribution < 1.29 is 4.74 Å². The molecule has 3 heteroatoms. The third kappa shape index (κ3) is 2.71. The molecular formula is C15H22ClNO. The van der Waals surface area contributed by atoms with E-state index in [1.807, 2.05) is 12.1 Å². The number of ether oxygens (including phenoxy) is 1. The van der Waals surface area contributed by atoms with Gasteiger partial charge in [-0.2, -0.15) is 0 Å². The Bertz CT molecular complexity index is 419. The first-order valence-electron chi connectivity index (χ1n) is 6.45. The minimum Gasteiger partial charge on any atom is -0.381 e. The van der Waals surface area contributed by atoms with Crippen LogP contribution in [-0.2, 0) is 4.74 Å². The molecule has 0 bridgehead atoms. The average Bonchev–Trinajstić information content (AvgIpc) is 2.32. The summed E-state index contributed by atoms with van der Waals surface area (Å²) in [7, 11) is 4.00. The molecule has 0 amide bonds.